The Morgan fingerprint density at radius 1 is 1.23 bits per heavy atom. The van der Waals surface area contributed by atoms with Gasteiger partial charge in [-0.1, -0.05) is 18.2 Å². The summed E-state index contributed by atoms with van der Waals surface area (Å²) >= 11 is 1.01. The van der Waals surface area contributed by atoms with E-state index in [9.17, 15) is 9.59 Å². The van der Waals surface area contributed by atoms with Crippen LogP contribution in [0, 0.1) is 0 Å². The van der Waals surface area contributed by atoms with Gasteiger partial charge in [-0.15, -0.1) is 11.3 Å². The third-order valence-corrected chi connectivity index (χ3v) is 4.39. The molecule has 0 saturated heterocycles. The van der Waals surface area contributed by atoms with Gasteiger partial charge in [-0.3, -0.25) is 9.36 Å². The fourth-order valence-electron chi connectivity index (χ4n) is 2.45. The zero-order valence-electron chi connectivity index (χ0n) is 14.5. The number of carbonyl (C=O) groups is 2. The van der Waals surface area contributed by atoms with E-state index in [1.807, 2.05) is 0 Å². The zero-order valence-corrected chi connectivity index (χ0v) is 15.3. The topological polar surface area (TPSA) is 102 Å². The van der Waals surface area contributed by atoms with Gasteiger partial charge < -0.3 is 14.9 Å². The van der Waals surface area contributed by atoms with Crippen molar-refractivity contribution in [2.45, 2.75) is 32.7 Å². The first kappa shape index (κ1) is 18.2. The molecular formula is C18H18N2O5S. The van der Waals surface area contributed by atoms with E-state index in [0.29, 0.717) is 16.5 Å². The van der Waals surface area contributed by atoms with Gasteiger partial charge in [0.15, 0.2) is 11.3 Å². The lowest BCUT2D eigenvalue weighted by molar-refractivity contribution is -0.0454. The van der Waals surface area contributed by atoms with Crippen LogP contribution in [0.3, 0.4) is 0 Å². The second-order valence-electron chi connectivity index (χ2n) is 6.69. The van der Waals surface area contributed by atoms with Gasteiger partial charge in [0.25, 0.3) is 0 Å². The Labute approximate surface area is 153 Å². The normalized spacial score (nSPS) is 11.9. The Kier molecular flexibility index (Phi) is 4.66. The van der Waals surface area contributed by atoms with Crippen molar-refractivity contribution >= 4 is 34.1 Å². The number of fused-ring (bicyclic) bond motifs is 1. The molecule has 3 aromatic rings. The molecule has 0 atom stereocenters. The molecule has 2 heterocycles. The summed E-state index contributed by atoms with van der Waals surface area (Å²) in [4.78, 5) is 29.3. The summed E-state index contributed by atoms with van der Waals surface area (Å²) in [6, 6.07) is 6.99. The molecule has 2 N–H and O–H groups in total. The molecular weight excluding hydrogens is 356 g/mol. The molecule has 0 spiro atoms. The predicted molar refractivity (Wildman–Crippen MR) is 96.3 cm³/mol. The van der Waals surface area contributed by atoms with Crippen molar-refractivity contribution in [3.8, 4) is 0 Å². The number of aromatic nitrogens is 2. The second kappa shape index (κ2) is 6.64. The molecule has 1 aromatic carbocycles. The molecule has 26 heavy (non-hydrogen) atoms. The quantitative estimate of drug-likeness (QED) is 0.540. The molecule has 0 bridgehead atoms. The third-order valence-electron chi connectivity index (χ3n) is 3.53. The molecule has 3 rings (SSSR count). The Bertz CT molecular complexity index is 981. The molecule has 0 aliphatic rings. The second-order valence-corrected chi connectivity index (χ2v) is 7.55. The van der Waals surface area contributed by atoms with Crippen LogP contribution in [0.2, 0.25) is 0 Å². The molecule has 0 radical (unpaired) electrons. The summed E-state index contributed by atoms with van der Waals surface area (Å²) in [5.74, 6) is -0.402. The van der Waals surface area contributed by atoms with E-state index in [2.05, 4.69) is 4.98 Å². The van der Waals surface area contributed by atoms with Crippen molar-refractivity contribution < 1.29 is 24.5 Å². The van der Waals surface area contributed by atoms with E-state index in [1.54, 1.807) is 45.0 Å². The van der Waals surface area contributed by atoms with Gasteiger partial charge in [0.2, 0.25) is 5.78 Å². The summed E-state index contributed by atoms with van der Waals surface area (Å²) in [5.41, 5.74) is 0.173. The van der Waals surface area contributed by atoms with Crippen LogP contribution in [0.25, 0.3) is 10.9 Å². The highest BCUT2D eigenvalue weighted by Gasteiger charge is 2.24. The van der Waals surface area contributed by atoms with Gasteiger partial charge in [0, 0.05) is 17.0 Å². The molecule has 0 saturated carbocycles. The maximum atomic E-state index is 12.8. The average Bonchev–Trinajstić information content (AvgIpc) is 3.18. The molecule has 0 aliphatic carbocycles. The first-order valence-electron chi connectivity index (χ1n) is 7.87. The number of aliphatic hydroxyl groups is 2. The lowest BCUT2D eigenvalue weighted by atomic mass is 10.1. The highest BCUT2D eigenvalue weighted by molar-refractivity contribution is 7.12. The first-order valence-corrected chi connectivity index (χ1v) is 8.75. The van der Waals surface area contributed by atoms with Crippen LogP contribution in [0.15, 0.2) is 35.8 Å². The Balaban J connectivity index is 2.06. The number of para-hydroxylation sites is 1. The fourth-order valence-corrected chi connectivity index (χ4v) is 3.23. The van der Waals surface area contributed by atoms with Crippen molar-refractivity contribution in [3.63, 3.8) is 0 Å². The lowest BCUT2D eigenvalue weighted by Gasteiger charge is -2.19. The van der Waals surface area contributed by atoms with Crippen LogP contribution in [-0.2, 0) is 4.74 Å². The number of carbonyl (C=O) groups excluding carboxylic acids is 2. The van der Waals surface area contributed by atoms with Gasteiger partial charge in [-0.05, 0) is 26.8 Å². The van der Waals surface area contributed by atoms with E-state index in [4.69, 9.17) is 14.9 Å². The predicted octanol–water partition coefficient (Wildman–Crippen LogP) is 3.10. The minimum absolute atomic E-state index is 0.00855. The van der Waals surface area contributed by atoms with Crippen LogP contribution in [-0.4, -0.2) is 37.2 Å². The highest BCUT2D eigenvalue weighted by Crippen LogP contribution is 2.26. The van der Waals surface area contributed by atoms with E-state index >= 15 is 0 Å². The minimum atomic E-state index is -1.74. The van der Waals surface area contributed by atoms with Crippen molar-refractivity contribution in [3.05, 3.63) is 52.1 Å². The van der Waals surface area contributed by atoms with Crippen LogP contribution >= 0.6 is 11.3 Å². The number of thiazole rings is 1. The Hall–Kier alpha value is -2.55. The average molecular weight is 374 g/mol. The number of ether oxygens (including phenoxy) is 1. The number of rotatable bonds is 3. The molecule has 136 valence electrons. The molecule has 0 amide bonds. The number of benzene rings is 1. The standard InChI is InChI=1S/C18H18N2O5S/c1-18(2,3)25-17(24)20-8-11(10-6-4-5-7-13(10)20)14(21)15-19-12(9-26-15)16(22)23/h4-9,16,22-23H,1-3H3. The highest BCUT2D eigenvalue weighted by atomic mass is 32.1. The molecule has 0 fully saturated rings. The summed E-state index contributed by atoms with van der Waals surface area (Å²) in [7, 11) is 0. The fraction of sp³-hybridized carbons (Fsp3) is 0.278. The van der Waals surface area contributed by atoms with E-state index in [0.717, 1.165) is 11.3 Å². The van der Waals surface area contributed by atoms with Crippen molar-refractivity contribution in [2.24, 2.45) is 0 Å². The molecule has 7 nitrogen and oxygen atoms in total. The van der Waals surface area contributed by atoms with Crippen molar-refractivity contribution in [2.75, 3.05) is 0 Å². The van der Waals surface area contributed by atoms with Crippen molar-refractivity contribution in [1.29, 1.82) is 0 Å². The Morgan fingerprint density at radius 2 is 1.92 bits per heavy atom. The smallest absolute Gasteiger partial charge is 0.419 e. The van der Waals surface area contributed by atoms with E-state index in [-0.39, 0.29) is 10.7 Å². The van der Waals surface area contributed by atoms with E-state index in [1.165, 1.54) is 16.1 Å². The SMILES string of the molecule is CC(C)(C)OC(=O)n1cc(C(=O)c2nc(C(O)O)cs2)c2ccccc21. The summed E-state index contributed by atoms with van der Waals surface area (Å²) < 4.78 is 6.69. The van der Waals surface area contributed by atoms with Crippen molar-refractivity contribution in [1.82, 2.24) is 9.55 Å². The number of ketones is 1. The molecule has 2 aromatic heterocycles. The van der Waals surface area contributed by atoms with Gasteiger partial charge in [-0.2, -0.15) is 0 Å². The summed E-state index contributed by atoms with van der Waals surface area (Å²) in [6.45, 7) is 5.29. The van der Waals surface area contributed by atoms with Gasteiger partial charge in [0.1, 0.15) is 11.3 Å². The maximum Gasteiger partial charge on any atom is 0.419 e. The van der Waals surface area contributed by atoms with Crippen LogP contribution in [0.5, 0.6) is 0 Å². The number of hydrogen-bond acceptors (Lipinski definition) is 7. The molecule has 0 unspecified atom stereocenters. The molecule has 0 aliphatic heterocycles. The third kappa shape index (κ3) is 3.52. The van der Waals surface area contributed by atoms with Crippen LogP contribution in [0.4, 0.5) is 4.79 Å². The van der Waals surface area contributed by atoms with Crippen LogP contribution in [0.1, 0.15) is 48.1 Å². The van der Waals surface area contributed by atoms with Crippen LogP contribution < -0.4 is 0 Å². The largest absolute Gasteiger partial charge is 0.443 e. The Morgan fingerprint density at radius 3 is 2.54 bits per heavy atom. The van der Waals surface area contributed by atoms with Gasteiger partial charge in [-0.25, -0.2) is 9.78 Å². The summed E-state index contributed by atoms with van der Waals surface area (Å²) in [6.07, 6.45) is -0.897. The maximum absolute atomic E-state index is 12.8. The van der Waals surface area contributed by atoms with Gasteiger partial charge >= 0.3 is 6.09 Å². The number of nitrogens with zero attached hydrogens (tertiary/aromatic N) is 2. The summed E-state index contributed by atoms with van der Waals surface area (Å²) in [5, 5.41) is 20.4. The number of aliphatic hydroxyl groups excluding tert-OH is 1. The molecule has 8 heteroatoms. The monoisotopic (exact) mass is 374 g/mol. The lowest BCUT2D eigenvalue weighted by Crippen LogP contribution is -2.26. The first-order chi connectivity index (χ1) is 12.2. The van der Waals surface area contributed by atoms with E-state index < -0.39 is 23.8 Å². The zero-order chi connectivity index (χ0) is 19.1. The van der Waals surface area contributed by atoms with Gasteiger partial charge in [0.05, 0.1) is 11.1 Å². The minimum Gasteiger partial charge on any atom is -0.443 e. The number of hydrogen-bond donors (Lipinski definition) is 2.